The standard InChI is InChI=1S/C16H20N4O3/c1-11(21)2-7-15(22)20-12-3-5-13(6-4-12)23-16-14(10-17)18-8-9-19-16/h8-9,12-13H,2-7H2,1H3,(H,20,22). The maximum absolute atomic E-state index is 11.7. The van der Waals surface area contributed by atoms with Crippen molar-refractivity contribution in [1.82, 2.24) is 15.3 Å². The molecule has 0 spiro atoms. The summed E-state index contributed by atoms with van der Waals surface area (Å²) in [5, 5.41) is 11.9. The molecule has 7 nitrogen and oxygen atoms in total. The summed E-state index contributed by atoms with van der Waals surface area (Å²) in [4.78, 5) is 30.6. The van der Waals surface area contributed by atoms with E-state index in [0.29, 0.717) is 0 Å². The monoisotopic (exact) mass is 316 g/mol. The van der Waals surface area contributed by atoms with E-state index in [1.807, 2.05) is 6.07 Å². The lowest BCUT2D eigenvalue weighted by atomic mass is 9.93. The van der Waals surface area contributed by atoms with E-state index < -0.39 is 0 Å². The molecule has 1 aromatic rings. The fourth-order valence-corrected chi connectivity index (χ4v) is 2.56. The number of nitrogens with one attached hydrogen (secondary N) is 1. The highest BCUT2D eigenvalue weighted by atomic mass is 16.5. The molecule has 1 amide bonds. The van der Waals surface area contributed by atoms with E-state index in [1.165, 1.54) is 19.3 Å². The van der Waals surface area contributed by atoms with Crippen LogP contribution >= 0.6 is 0 Å². The van der Waals surface area contributed by atoms with E-state index >= 15 is 0 Å². The molecule has 0 saturated heterocycles. The summed E-state index contributed by atoms with van der Waals surface area (Å²) in [6.07, 6.45) is 6.63. The van der Waals surface area contributed by atoms with Crippen molar-refractivity contribution in [2.24, 2.45) is 0 Å². The highest BCUT2D eigenvalue weighted by Crippen LogP contribution is 2.24. The molecule has 1 heterocycles. The summed E-state index contributed by atoms with van der Waals surface area (Å²) in [5.41, 5.74) is 0.187. The molecule has 1 N–H and O–H groups in total. The molecule has 1 aromatic heterocycles. The Kier molecular flexibility index (Phi) is 6.03. The molecular weight excluding hydrogens is 296 g/mol. The van der Waals surface area contributed by atoms with Crippen molar-refractivity contribution in [2.45, 2.75) is 57.6 Å². The van der Waals surface area contributed by atoms with Gasteiger partial charge in [0, 0.05) is 31.3 Å². The third kappa shape index (κ3) is 5.33. The Morgan fingerprint density at radius 2 is 1.96 bits per heavy atom. The molecule has 122 valence electrons. The van der Waals surface area contributed by atoms with Crippen molar-refractivity contribution >= 4 is 11.7 Å². The van der Waals surface area contributed by atoms with Crippen molar-refractivity contribution in [3.05, 3.63) is 18.1 Å². The highest BCUT2D eigenvalue weighted by Gasteiger charge is 2.24. The van der Waals surface area contributed by atoms with Gasteiger partial charge >= 0.3 is 0 Å². The van der Waals surface area contributed by atoms with Crippen LogP contribution in [0.25, 0.3) is 0 Å². The molecule has 0 aromatic carbocycles. The smallest absolute Gasteiger partial charge is 0.251 e. The van der Waals surface area contributed by atoms with E-state index in [0.717, 1.165) is 25.7 Å². The van der Waals surface area contributed by atoms with E-state index in [4.69, 9.17) is 10.00 Å². The maximum atomic E-state index is 11.7. The van der Waals surface area contributed by atoms with Gasteiger partial charge in [-0.15, -0.1) is 0 Å². The molecule has 2 rings (SSSR count). The Bertz CT molecular complexity index is 604. The van der Waals surface area contributed by atoms with Gasteiger partial charge in [0.15, 0.2) is 0 Å². The van der Waals surface area contributed by atoms with Gasteiger partial charge in [-0.05, 0) is 32.6 Å². The highest BCUT2D eigenvalue weighted by molar-refractivity contribution is 5.83. The van der Waals surface area contributed by atoms with E-state index in [1.54, 1.807) is 0 Å². The minimum Gasteiger partial charge on any atom is -0.472 e. The summed E-state index contributed by atoms with van der Waals surface area (Å²) in [7, 11) is 0. The molecule has 0 aliphatic heterocycles. The van der Waals surface area contributed by atoms with Gasteiger partial charge in [0.2, 0.25) is 11.6 Å². The van der Waals surface area contributed by atoms with Gasteiger partial charge in [0.1, 0.15) is 18.0 Å². The number of hydrogen-bond donors (Lipinski definition) is 1. The maximum Gasteiger partial charge on any atom is 0.251 e. The van der Waals surface area contributed by atoms with Crippen molar-refractivity contribution in [3.8, 4) is 11.9 Å². The van der Waals surface area contributed by atoms with Crippen molar-refractivity contribution < 1.29 is 14.3 Å². The minimum atomic E-state index is -0.0785. The quantitative estimate of drug-likeness (QED) is 0.853. The summed E-state index contributed by atoms with van der Waals surface area (Å²) in [6.45, 7) is 1.48. The van der Waals surface area contributed by atoms with Crippen molar-refractivity contribution in [1.29, 1.82) is 5.26 Å². The van der Waals surface area contributed by atoms with Gasteiger partial charge in [-0.2, -0.15) is 5.26 Å². The summed E-state index contributed by atoms with van der Waals surface area (Å²) < 4.78 is 5.76. The van der Waals surface area contributed by atoms with Crippen LogP contribution in [-0.2, 0) is 9.59 Å². The van der Waals surface area contributed by atoms with E-state index in [-0.39, 0.29) is 48.3 Å². The molecule has 1 fully saturated rings. The molecule has 0 unspecified atom stereocenters. The third-order valence-electron chi connectivity index (χ3n) is 3.79. The van der Waals surface area contributed by atoms with Crippen molar-refractivity contribution in [2.75, 3.05) is 0 Å². The van der Waals surface area contributed by atoms with Crippen LogP contribution in [0.15, 0.2) is 12.4 Å². The second kappa shape index (κ2) is 8.22. The van der Waals surface area contributed by atoms with Gasteiger partial charge < -0.3 is 14.8 Å². The molecule has 1 aliphatic carbocycles. The molecule has 23 heavy (non-hydrogen) atoms. The number of ether oxygens (including phenoxy) is 1. The molecule has 1 aliphatic rings. The van der Waals surface area contributed by atoms with Gasteiger partial charge in [0.25, 0.3) is 5.88 Å². The Labute approximate surface area is 135 Å². The Morgan fingerprint density at radius 3 is 2.61 bits per heavy atom. The van der Waals surface area contributed by atoms with Crippen LogP contribution in [0.5, 0.6) is 5.88 Å². The zero-order chi connectivity index (χ0) is 16.7. The lowest BCUT2D eigenvalue weighted by Gasteiger charge is -2.29. The van der Waals surface area contributed by atoms with Gasteiger partial charge in [0.05, 0.1) is 0 Å². The lowest BCUT2D eigenvalue weighted by molar-refractivity contribution is -0.125. The fraction of sp³-hybridized carbons (Fsp3) is 0.562. The molecule has 0 radical (unpaired) electrons. The van der Waals surface area contributed by atoms with Crippen LogP contribution in [0, 0.1) is 11.3 Å². The Balaban J connectivity index is 1.77. The van der Waals surface area contributed by atoms with Crippen LogP contribution in [0.3, 0.4) is 0 Å². The predicted molar refractivity (Wildman–Crippen MR) is 81.5 cm³/mol. The van der Waals surface area contributed by atoms with Gasteiger partial charge in [-0.1, -0.05) is 0 Å². The molecule has 0 bridgehead atoms. The normalized spacial score (nSPS) is 20.3. The first-order chi connectivity index (χ1) is 11.1. The van der Waals surface area contributed by atoms with Crippen molar-refractivity contribution in [3.63, 3.8) is 0 Å². The van der Waals surface area contributed by atoms with Gasteiger partial charge in [-0.3, -0.25) is 4.79 Å². The SMILES string of the molecule is CC(=O)CCC(=O)NC1CCC(Oc2nccnc2C#N)CC1. The zero-order valence-corrected chi connectivity index (χ0v) is 13.1. The first kappa shape index (κ1) is 16.9. The average Bonchev–Trinajstić information content (AvgIpc) is 2.55. The molecule has 7 heteroatoms. The second-order valence-corrected chi connectivity index (χ2v) is 5.68. The Hall–Kier alpha value is -2.49. The summed E-state index contributed by atoms with van der Waals surface area (Å²) in [6, 6.07) is 2.08. The van der Waals surface area contributed by atoms with Crippen LogP contribution in [0.2, 0.25) is 0 Å². The number of carbonyl (C=O) groups excluding carboxylic acids is 2. The third-order valence-corrected chi connectivity index (χ3v) is 3.79. The number of rotatable bonds is 6. The van der Waals surface area contributed by atoms with Crippen LogP contribution < -0.4 is 10.1 Å². The predicted octanol–water partition coefficient (Wildman–Crippen LogP) is 1.52. The second-order valence-electron chi connectivity index (χ2n) is 5.68. The van der Waals surface area contributed by atoms with E-state index in [2.05, 4.69) is 15.3 Å². The zero-order valence-electron chi connectivity index (χ0n) is 13.1. The number of nitriles is 1. The number of nitrogens with zero attached hydrogens (tertiary/aromatic N) is 3. The average molecular weight is 316 g/mol. The number of aromatic nitrogens is 2. The first-order valence-corrected chi connectivity index (χ1v) is 7.75. The van der Waals surface area contributed by atoms with Crippen LogP contribution in [-0.4, -0.2) is 33.8 Å². The number of ketones is 1. The Morgan fingerprint density at radius 1 is 1.26 bits per heavy atom. The number of amides is 1. The summed E-state index contributed by atoms with van der Waals surface area (Å²) in [5.74, 6) is 0.212. The molecule has 0 atom stereocenters. The molecular formula is C16H20N4O3. The fourth-order valence-electron chi connectivity index (χ4n) is 2.56. The van der Waals surface area contributed by atoms with E-state index in [9.17, 15) is 9.59 Å². The van der Waals surface area contributed by atoms with Crippen LogP contribution in [0.1, 0.15) is 51.1 Å². The minimum absolute atomic E-state index is 0.0227. The summed E-state index contributed by atoms with van der Waals surface area (Å²) >= 11 is 0. The first-order valence-electron chi connectivity index (χ1n) is 7.75. The number of hydrogen-bond acceptors (Lipinski definition) is 6. The van der Waals surface area contributed by atoms with Crippen LogP contribution in [0.4, 0.5) is 0 Å². The largest absolute Gasteiger partial charge is 0.472 e. The number of Topliss-reactive ketones (excluding diaryl/α,β-unsaturated/α-hetero) is 1. The van der Waals surface area contributed by atoms with Gasteiger partial charge in [-0.25, -0.2) is 9.97 Å². The topological polar surface area (TPSA) is 105 Å². The number of carbonyl (C=O) groups is 2. The molecule has 1 saturated carbocycles. The lowest BCUT2D eigenvalue weighted by Crippen LogP contribution is -2.39.